The Hall–Kier alpha value is -1.91. The maximum Gasteiger partial charge on any atom is 0.259 e. The average molecular weight is 353 g/mol. The van der Waals surface area contributed by atoms with Gasteiger partial charge in [-0.05, 0) is 62.0 Å². The minimum atomic E-state index is 0.144. The highest BCUT2D eigenvalue weighted by atomic mass is 32.1. The molecule has 0 radical (unpaired) electrons. The van der Waals surface area contributed by atoms with E-state index in [0.29, 0.717) is 0 Å². The molecule has 1 amide bonds. The van der Waals surface area contributed by atoms with Crippen LogP contribution < -0.4 is 4.90 Å². The van der Waals surface area contributed by atoms with Crippen molar-refractivity contribution in [3.63, 3.8) is 0 Å². The van der Waals surface area contributed by atoms with Gasteiger partial charge in [0.1, 0.15) is 0 Å². The van der Waals surface area contributed by atoms with Crippen LogP contribution in [0.25, 0.3) is 11.6 Å². The molecule has 25 heavy (non-hydrogen) atoms. The van der Waals surface area contributed by atoms with Crippen LogP contribution in [-0.4, -0.2) is 37.0 Å². The standard InChI is InChI=1S/C21H24N2OS/c1-16-9-14-25-20(16)15-18-17-7-3-4-8-19(17)23(21(18)24)13-12-22-10-5-2-6-11-22/h3-4,7-9,14-15H,2,5-6,10-13H2,1H3/b18-15-. The number of anilines is 1. The summed E-state index contributed by atoms with van der Waals surface area (Å²) in [4.78, 5) is 18.8. The monoisotopic (exact) mass is 352 g/mol. The lowest BCUT2D eigenvalue weighted by atomic mass is 10.1. The Morgan fingerprint density at radius 1 is 1.08 bits per heavy atom. The smallest absolute Gasteiger partial charge is 0.259 e. The number of aryl methyl sites for hydroxylation is 1. The number of hydrogen-bond donors (Lipinski definition) is 0. The van der Waals surface area contributed by atoms with Gasteiger partial charge in [-0.3, -0.25) is 4.79 Å². The molecule has 130 valence electrons. The van der Waals surface area contributed by atoms with Gasteiger partial charge in [-0.1, -0.05) is 24.6 Å². The molecule has 2 aliphatic heterocycles. The van der Waals surface area contributed by atoms with E-state index in [1.807, 2.05) is 17.0 Å². The van der Waals surface area contributed by atoms with E-state index in [-0.39, 0.29) is 5.91 Å². The van der Waals surface area contributed by atoms with Gasteiger partial charge in [-0.2, -0.15) is 0 Å². The van der Waals surface area contributed by atoms with Crippen LogP contribution in [0.4, 0.5) is 5.69 Å². The van der Waals surface area contributed by atoms with Crippen molar-refractivity contribution in [2.75, 3.05) is 31.1 Å². The molecule has 0 saturated carbocycles. The lowest BCUT2D eigenvalue weighted by Crippen LogP contribution is -2.39. The number of para-hydroxylation sites is 1. The Labute approximate surface area is 153 Å². The Balaban J connectivity index is 1.60. The number of benzene rings is 1. The van der Waals surface area contributed by atoms with Crippen molar-refractivity contribution in [2.45, 2.75) is 26.2 Å². The first-order valence-electron chi connectivity index (χ1n) is 9.13. The summed E-state index contributed by atoms with van der Waals surface area (Å²) in [6.45, 7) is 6.17. The van der Waals surface area contributed by atoms with Crippen molar-refractivity contribution in [1.82, 2.24) is 4.90 Å². The van der Waals surface area contributed by atoms with E-state index in [0.717, 1.165) is 29.9 Å². The minimum absolute atomic E-state index is 0.144. The largest absolute Gasteiger partial charge is 0.306 e. The van der Waals surface area contributed by atoms with Gasteiger partial charge in [-0.15, -0.1) is 11.3 Å². The van der Waals surface area contributed by atoms with Crippen molar-refractivity contribution in [3.05, 3.63) is 51.7 Å². The molecule has 0 atom stereocenters. The van der Waals surface area contributed by atoms with Gasteiger partial charge in [0.05, 0.1) is 11.3 Å². The van der Waals surface area contributed by atoms with E-state index in [9.17, 15) is 4.79 Å². The van der Waals surface area contributed by atoms with Gasteiger partial charge in [0.25, 0.3) is 5.91 Å². The SMILES string of the molecule is Cc1ccsc1/C=C1\C(=O)N(CCN2CCCCC2)c2ccccc21. The molecule has 0 aliphatic carbocycles. The van der Waals surface area contributed by atoms with E-state index in [2.05, 4.69) is 41.5 Å². The van der Waals surface area contributed by atoms with E-state index in [1.165, 1.54) is 42.8 Å². The van der Waals surface area contributed by atoms with Crippen molar-refractivity contribution in [2.24, 2.45) is 0 Å². The first-order valence-corrected chi connectivity index (χ1v) is 10.0. The molecule has 1 aromatic carbocycles. The Morgan fingerprint density at radius 3 is 2.64 bits per heavy atom. The summed E-state index contributed by atoms with van der Waals surface area (Å²) in [5, 5.41) is 2.08. The molecular formula is C21H24N2OS. The summed E-state index contributed by atoms with van der Waals surface area (Å²) in [5.74, 6) is 0.144. The van der Waals surface area contributed by atoms with E-state index in [1.54, 1.807) is 11.3 Å². The maximum atomic E-state index is 13.1. The summed E-state index contributed by atoms with van der Waals surface area (Å²) in [6, 6.07) is 10.3. The Kier molecular flexibility index (Phi) is 4.73. The molecule has 1 fully saturated rings. The van der Waals surface area contributed by atoms with Crippen LogP contribution in [0.15, 0.2) is 35.7 Å². The van der Waals surface area contributed by atoms with Crippen molar-refractivity contribution in [1.29, 1.82) is 0 Å². The highest BCUT2D eigenvalue weighted by Gasteiger charge is 2.32. The second-order valence-corrected chi connectivity index (χ2v) is 7.85. The topological polar surface area (TPSA) is 23.6 Å². The summed E-state index contributed by atoms with van der Waals surface area (Å²) < 4.78 is 0. The van der Waals surface area contributed by atoms with E-state index < -0.39 is 0 Å². The van der Waals surface area contributed by atoms with Gasteiger partial charge < -0.3 is 9.80 Å². The van der Waals surface area contributed by atoms with Crippen LogP contribution in [0.5, 0.6) is 0 Å². The number of carbonyl (C=O) groups is 1. The summed E-state index contributed by atoms with van der Waals surface area (Å²) in [6.07, 6.45) is 5.98. The molecule has 4 heteroatoms. The number of carbonyl (C=O) groups excluding carboxylic acids is 1. The van der Waals surface area contributed by atoms with Crippen LogP contribution in [0.1, 0.15) is 35.3 Å². The average Bonchev–Trinajstić information content (AvgIpc) is 3.16. The molecule has 1 saturated heterocycles. The van der Waals surface area contributed by atoms with Crippen LogP contribution in [0.2, 0.25) is 0 Å². The molecule has 3 nitrogen and oxygen atoms in total. The van der Waals surface area contributed by atoms with Gasteiger partial charge >= 0.3 is 0 Å². The molecule has 4 rings (SSSR count). The third-order valence-corrected chi connectivity index (χ3v) is 6.19. The zero-order valence-electron chi connectivity index (χ0n) is 14.7. The second-order valence-electron chi connectivity index (χ2n) is 6.90. The first-order chi connectivity index (χ1) is 12.2. The molecule has 0 bridgehead atoms. The summed E-state index contributed by atoms with van der Waals surface area (Å²) >= 11 is 1.70. The number of fused-ring (bicyclic) bond motifs is 1. The molecule has 0 spiro atoms. The van der Waals surface area contributed by atoms with Crippen LogP contribution in [-0.2, 0) is 4.79 Å². The van der Waals surface area contributed by atoms with Crippen molar-refractivity contribution in [3.8, 4) is 0 Å². The molecule has 2 aliphatic rings. The lowest BCUT2D eigenvalue weighted by molar-refractivity contribution is -0.113. The zero-order valence-corrected chi connectivity index (χ0v) is 15.5. The molecule has 2 aromatic rings. The number of rotatable bonds is 4. The summed E-state index contributed by atoms with van der Waals surface area (Å²) in [7, 11) is 0. The van der Waals surface area contributed by atoms with Crippen molar-refractivity contribution >= 4 is 34.6 Å². The minimum Gasteiger partial charge on any atom is -0.306 e. The van der Waals surface area contributed by atoms with E-state index >= 15 is 0 Å². The van der Waals surface area contributed by atoms with Crippen LogP contribution in [0, 0.1) is 6.92 Å². The van der Waals surface area contributed by atoms with Gasteiger partial charge in [0.15, 0.2) is 0 Å². The van der Waals surface area contributed by atoms with Gasteiger partial charge in [-0.25, -0.2) is 0 Å². The fourth-order valence-electron chi connectivity index (χ4n) is 3.76. The predicted octanol–water partition coefficient (Wildman–Crippen LogP) is 4.43. The number of nitrogens with zero attached hydrogens (tertiary/aromatic N) is 2. The number of likely N-dealkylation sites (tertiary alicyclic amines) is 1. The van der Waals surface area contributed by atoms with Crippen LogP contribution in [0.3, 0.4) is 0 Å². The predicted molar refractivity (Wildman–Crippen MR) is 106 cm³/mol. The van der Waals surface area contributed by atoms with Crippen molar-refractivity contribution < 1.29 is 4.79 Å². The Bertz CT molecular complexity index is 802. The normalized spacial score (nSPS) is 19.6. The Morgan fingerprint density at radius 2 is 1.88 bits per heavy atom. The molecule has 1 aromatic heterocycles. The third-order valence-electron chi connectivity index (χ3n) is 5.23. The lowest BCUT2D eigenvalue weighted by Gasteiger charge is -2.28. The second kappa shape index (κ2) is 7.14. The fourth-order valence-corrected chi connectivity index (χ4v) is 4.61. The highest BCUT2D eigenvalue weighted by molar-refractivity contribution is 7.11. The highest BCUT2D eigenvalue weighted by Crippen LogP contribution is 2.38. The molecule has 0 unspecified atom stereocenters. The molecular weight excluding hydrogens is 328 g/mol. The number of thiophene rings is 1. The molecule has 0 N–H and O–H groups in total. The van der Waals surface area contributed by atoms with E-state index in [4.69, 9.17) is 0 Å². The van der Waals surface area contributed by atoms with Gasteiger partial charge in [0.2, 0.25) is 0 Å². The molecule has 3 heterocycles. The summed E-state index contributed by atoms with van der Waals surface area (Å²) in [5.41, 5.74) is 4.19. The maximum absolute atomic E-state index is 13.1. The number of hydrogen-bond acceptors (Lipinski definition) is 3. The fraction of sp³-hybridized carbons (Fsp3) is 0.381. The van der Waals surface area contributed by atoms with Gasteiger partial charge in [0, 0.05) is 23.5 Å². The third kappa shape index (κ3) is 3.29. The van der Waals surface area contributed by atoms with Crippen LogP contribution >= 0.6 is 11.3 Å². The number of amides is 1. The number of piperidine rings is 1. The first kappa shape index (κ1) is 16.6. The zero-order chi connectivity index (χ0) is 17.2. The quantitative estimate of drug-likeness (QED) is 0.760.